The van der Waals surface area contributed by atoms with E-state index in [1.165, 1.54) is 25.7 Å². The predicted octanol–water partition coefficient (Wildman–Crippen LogP) is 3.21. The summed E-state index contributed by atoms with van der Waals surface area (Å²) in [4.78, 5) is 0. The quantitative estimate of drug-likeness (QED) is 0.592. The zero-order valence-corrected chi connectivity index (χ0v) is 8.61. The summed E-state index contributed by atoms with van der Waals surface area (Å²) < 4.78 is 12.0. The molecule has 0 nitrogen and oxygen atoms in total. The Hall–Kier alpha value is 0.449. The molecule has 0 fully saturated rings. The van der Waals surface area contributed by atoms with Crippen LogP contribution in [-0.2, 0) is 0 Å². The summed E-state index contributed by atoms with van der Waals surface area (Å²) in [5.74, 6) is 0.681. The molecule has 0 amide bonds. The van der Waals surface area contributed by atoms with E-state index in [9.17, 15) is 3.55 Å². The fourth-order valence-corrected chi connectivity index (χ4v) is 2.29. The molecule has 0 aliphatic rings. The second-order valence-corrected chi connectivity index (χ2v) is 3.88. The van der Waals surface area contributed by atoms with Crippen molar-refractivity contribution < 1.29 is 3.55 Å². The van der Waals surface area contributed by atoms with E-state index in [1.807, 2.05) is 0 Å². The summed E-state index contributed by atoms with van der Waals surface area (Å²) in [6.07, 6.45) is 4.86. The monoisotopic (exact) mass is 212 g/mol. The van der Waals surface area contributed by atoms with Crippen LogP contribution >= 0.6 is 0 Å². The Morgan fingerprint density at radius 2 is 1.70 bits per heavy atom. The van der Waals surface area contributed by atoms with Gasteiger partial charge in [-0.1, -0.05) is 0 Å². The summed E-state index contributed by atoms with van der Waals surface area (Å²) in [7, 11) is 0. The number of halogens is 1. The second kappa shape index (κ2) is 7.56. The zero-order valence-electron chi connectivity index (χ0n) is 6.90. The van der Waals surface area contributed by atoms with Gasteiger partial charge in [-0.05, 0) is 0 Å². The van der Waals surface area contributed by atoms with Crippen molar-refractivity contribution in [2.45, 2.75) is 44.9 Å². The van der Waals surface area contributed by atoms with Crippen LogP contribution in [0.25, 0.3) is 0 Å². The summed E-state index contributed by atoms with van der Waals surface area (Å²) in [5.41, 5.74) is 0. The van der Waals surface area contributed by atoms with Crippen molar-refractivity contribution in [1.29, 1.82) is 0 Å². The minimum atomic E-state index is -0.602. The Balaban J connectivity index is 3.30. The normalized spacial score (nSPS) is 10.8. The van der Waals surface area contributed by atoms with E-state index in [4.69, 9.17) is 0 Å². The molecule has 0 aliphatic heterocycles. The SMILES string of the molecule is CCCC(CCC)C[Se]F. The minimum absolute atomic E-state index is 0.602. The summed E-state index contributed by atoms with van der Waals surface area (Å²) in [6.45, 7) is 4.35. The molecule has 0 aromatic rings. The molecule has 0 atom stereocenters. The molecule has 0 aromatic heterocycles. The topological polar surface area (TPSA) is 0 Å². The molecular formula is C8H17FSe. The van der Waals surface area contributed by atoms with E-state index >= 15 is 0 Å². The van der Waals surface area contributed by atoms with Crippen molar-refractivity contribution in [3.05, 3.63) is 0 Å². The van der Waals surface area contributed by atoms with Crippen molar-refractivity contribution in [3.8, 4) is 0 Å². The third-order valence-corrected chi connectivity index (χ3v) is 2.95. The first-order chi connectivity index (χ1) is 4.85. The molecule has 0 aromatic carbocycles. The molecule has 62 valence electrons. The average molecular weight is 211 g/mol. The standard InChI is InChI=1S/C8H17FSe/c1-3-5-8(6-4-2)7-10-9/h8H,3-7H2,1-2H3. The average Bonchev–Trinajstić information content (AvgIpc) is 1.90. The van der Waals surface area contributed by atoms with Gasteiger partial charge in [-0.3, -0.25) is 0 Å². The van der Waals surface area contributed by atoms with Gasteiger partial charge >= 0.3 is 69.7 Å². The molecule has 0 N–H and O–H groups in total. The van der Waals surface area contributed by atoms with Crippen LogP contribution in [0.4, 0.5) is 3.55 Å². The van der Waals surface area contributed by atoms with Gasteiger partial charge in [0.2, 0.25) is 0 Å². The maximum atomic E-state index is 12.0. The third-order valence-electron chi connectivity index (χ3n) is 1.69. The van der Waals surface area contributed by atoms with Crippen LogP contribution in [0.15, 0.2) is 0 Å². The first-order valence-corrected chi connectivity index (χ1v) is 5.94. The molecule has 0 radical (unpaired) electrons. The Kier molecular flexibility index (Phi) is 7.89. The molecule has 0 saturated carbocycles. The van der Waals surface area contributed by atoms with E-state index in [-0.39, 0.29) is 0 Å². The van der Waals surface area contributed by atoms with E-state index in [0.717, 1.165) is 5.32 Å². The van der Waals surface area contributed by atoms with Gasteiger partial charge in [-0.15, -0.1) is 0 Å². The van der Waals surface area contributed by atoms with E-state index in [2.05, 4.69) is 13.8 Å². The van der Waals surface area contributed by atoms with Gasteiger partial charge in [0.15, 0.2) is 0 Å². The van der Waals surface area contributed by atoms with Crippen LogP contribution in [0.5, 0.6) is 0 Å². The predicted molar refractivity (Wildman–Crippen MR) is 45.0 cm³/mol. The Bertz CT molecular complexity index is 52.0. The number of hydrogen-bond acceptors (Lipinski definition) is 0. The van der Waals surface area contributed by atoms with Crippen LogP contribution < -0.4 is 0 Å². The third kappa shape index (κ3) is 5.25. The summed E-state index contributed by atoms with van der Waals surface area (Å²) in [6, 6.07) is 0. The first-order valence-electron chi connectivity index (χ1n) is 4.08. The van der Waals surface area contributed by atoms with Crippen molar-refractivity contribution in [3.63, 3.8) is 0 Å². The molecule has 0 aliphatic carbocycles. The van der Waals surface area contributed by atoms with Gasteiger partial charge in [-0.2, -0.15) is 0 Å². The van der Waals surface area contributed by atoms with Gasteiger partial charge in [0.1, 0.15) is 0 Å². The fraction of sp³-hybridized carbons (Fsp3) is 1.00. The van der Waals surface area contributed by atoms with E-state index in [0.29, 0.717) is 5.92 Å². The van der Waals surface area contributed by atoms with Crippen LogP contribution in [-0.4, -0.2) is 15.4 Å². The van der Waals surface area contributed by atoms with Crippen LogP contribution in [0.2, 0.25) is 5.32 Å². The number of hydrogen-bond donors (Lipinski definition) is 0. The van der Waals surface area contributed by atoms with Crippen molar-refractivity contribution in [2.75, 3.05) is 0 Å². The van der Waals surface area contributed by atoms with Crippen molar-refractivity contribution >= 4 is 15.4 Å². The molecule has 10 heavy (non-hydrogen) atoms. The zero-order chi connectivity index (χ0) is 7.82. The van der Waals surface area contributed by atoms with Crippen LogP contribution in [0.1, 0.15) is 39.5 Å². The second-order valence-electron chi connectivity index (χ2n) is 2.72. The van der Waals surface area contributed by atoms with Crippen LogP contribution in [0, 0.1) is 5.92 Å². The molecule has 0 spiro atoms. The van der Waals surface area contributed by atoms with E-state index < -0.39 is 15.4 Å². The molecule has 0 heterocycles. The molecule has 0 rings (SSSR count). The Labute approximate surface area is 70.2 Å². The maximum absolute atomic E-state index is 12.0. The first kappa shape index (κ1) is 10.4. The molecular weight excluding hydrogens is 194 g/mol. The molecule has 0 bridgehead atoms. The van der Waals surface area contributed by atoms with Crippen LogP contribution in [0.3, 0.4) is 0 Å². The summed E-state index contributed by atoms with van der Waals surface area (Å²) in [5, 5.41) is 0.842. The van der Waals surface area contributed by atoms with Gasteiger partial charge < -0.3 is 0 Å². The van der Waals surface area contributed by atoms with Gasteiger partial charge in [0.05, 0.1) is 0 Å². The van der Waals surface area contributed by atoms with E-state index in [1.54, 1.807) is 0 Å². The Morgan fingerprint density at radius 1 is 1.20 bits per heavy atom. The van der Waals surface area contributed by atoms with Crippen molar-refractivity contribution in [1.82, 2.24) is 0 Å². The van der Waals surface area contributed by atoms with Gasteiger partial charge in [-0.25, -0.2) is 0 Å². The Morgan fingerprint density at radius 3 is 2.00 bits per heavy atom. The summed E-state index contributed by atoms with van der Waals surface area (Å²) >= 11 is -0.602. The van der Waals surface area contributed by atoms with Crippen molar-refractivity contribution in [2.24, 2.45) is 5.92 Å². The fourth-order valence-electron chi connectivity index (χ4n) is 1.22. The molecule has 0 saturated heterocycles. The molecule has 2 heteroatoms. The van der Waals surface area contributed by atoms with Gasteiger partial charge in [0.25, 0.3) is 0 Å². The molecule has 0 unspecified atom stereocenters. The van der Waals surface area contributed by atoms with Gasteiger partial charge in [0, 0.05) is 0 Å². The number of rotatable bonds is 6.